The summed E-state index contributed by atoms with van der Waals surface area (Å²) in [5.41, 5.74) is 2.95. The van der Waals surface area contributed by atoms with Crippen LogP contribution in [0.2, 0.25) is 0 Å². The van der Waals surface area contributed by atoms with Gasteiger partial charge in [-0.1, -0.05) is 0 Å². The van der Waals surface area contributed by atoms with Crippen molar-refractivity contribution in [3.8, 4) is 17.3 Å². The first kappa shape index (κ1) is 19.6. The highest BCUT2D eigenvalue weighted by Crippen LogP contribution is 2.37. The number of benzene rings is 1. The molecule has 0 amide bonds. The lowest BCUT2D eigenvalue weighted by atomic mass is 10.0. The topological polar surface area (TPSA) is 84.2 Å². The molecule has 0 unspecified atom stereocenters. The molecular weight excluding hydrogens is 428 g/mol. The zero-order chi connectivity index (χ0) is 22.5. The Morgan fingerprint density at radius 3 is 2.88 bits per heavy atom. The van der Waals surface area contributed by atoms with Crippen LogP contribution < -0.4 is 9.64 Å². The number of hydrogen-bond donors (Lipinski definition) is 1. The molecule has 1 atom stereocenters. The zero-order valence-corrected chi connectivity index (χ0v) is 17.7. The summed E-state index contributed by atoms with van der Waals surface area (Å²) in [4.78, 5) is 19.0. The number of nitrogens with zero attached hydrogens (tertiary/aromatic N) is 6. The van der Waals surface area contributed by atoms with Crippen molar-refractivity contribution < 1.29 is 13.5 Å². The number of halogens is 2. The molecule has 1 aliphatic heterocycles. The van der Waals surface area contributed by atoms with Gasteiger partial charge in [0.2, 0.25) is 5.88 Å². The largest absolute Gasteiger partial charge is 0.481 e. The van der Waals surface area contributed by atoms with Gasteiger partial charge in [-0.05, 0) is 43.2 Å². The van der Waals surface area contributed by atoms with E-state index in [0.29, 0.717) is 46.5 Å². The summed E-state index contributed by atoms with van der Waals surface area (Å²) in [6.07, 6.45) is 5.07. The first-order valence-electron chi connectivity index (χ1n) is 10.6. The molecule has 0 saturated carbocycles. The molecule has 6 rings (SSSR count). The van der Waals surface area contributed by atoms with Crippen LogP contribution in [0.3, 0.4) is 0 Å². The van der Waals surface area contributed by atoms with E-state index in [9.17, 15) is 8.78 Å². The van der Waals surface area contributed by atoms with Crippen LogP contribution in [0.5, 0.6) is 5.88 Å². The molecule has 1 saturated heterocycles. The fourth-order valence-corrected chi connectivity index (χ4v) is 4.44. The van der Waals surface area contributed by atoms with Crippen LogP contribution in [0.15, 0.2) is 48.8 Å². The third-order valence-corrected chi connectivity index (χ3v) is 6.00. The van der Waals surface area contributed by atoms with Gasteiger partial charge in [0, 0.05) is 24.4 Å². The van der Waals surface area contributed by atoms with Crippen molar-refractivity contribution in [2.45, 2.75) is 18.9 Å². The number of anilines is 1. The Morgan fingerprint density at radius 2 is 2.00 bits per heavy atom. The summed E-state index contributed by atoms with van der Waals surface area (Å²) >= 11 is 0. The average molecular weight is 447 g/mol. The van der Waals surface area contributed by atoms with E-state index in [1.165, 1.54) is 12.1 Å². The number of fused-ring (bicyclic) bond motifs is 2. The molecule has 166 valence electrons. The molecule has 4 aromatic heterocycles. The van der Waals surface area contributed by atoms with Gasteiger partial charge in [-0.25, -0.2) is 23.3 Å². The Hall–Kier alpha value is -4.08. The maximum atomic E-state index is 14.5. The highest BCUT2D eigenvalue weighted by Gasteiger charge is 2.30. The standard InChI is InChI=1S/C23H19F2N7O/c1-33-20-7-6-17-22(29-20)30-21(27-17)15-12-26-32-10-8-19(28-23(15)32)31-9-2-3-18(31)14-11-13(24)4-5-16(14)25/h4-8,10-12,18H,2-3,9H2,1H3,(H,27,29,30)/t18-/m1/s1. The first-order chi connectivity index (χ1) is 16.1. The molecule has 5 aromatic rings. The number of nitrogens with one attached hydrogen (secondary N) is 1. The summed E-state index contributed by atoms with van der Waals surface area (Å²) in [6.45, 7) is 0.696. The molecule has 33 heavy (non-hydrogen) atoms. The molecule has 1 aromatic carbocycles. The number of hydrogen-bond acceptors (Lipinski definition) is 6. The normalized spacial score (nSPS) is 16.2. The first-order valence-corrected chi connectivity index (χ1v) is 10.6. The second-order valence-electron chi connectivity index (χ2n) is 7.94. The third kappa shape index (κ3) is 3.25. The maximum Gasteiger partial charge on any atom is 0.215 e. The van der Waals surface area contributed by atoms with Crippen molar-refractivity contribution in [1.82, 2.24) is 29.5 Å². The maximum absolute atomic E-state index is 14.5. The lowest BCUT2D eigenvalue weighted by molar-refractivity contribution is 0.399. The number of pyridine rings is 1. The second kappa shape index (κ2) is 7.51. The van der Waals surface area contributed by atoms with Crippen molar-refractivity contribution in [3.63, 3.8) is 0 Å². The Morgan fingerprint density at radius 1 is 1.09 bits per heavy atom. The highest BCUT2D eigenvalue weighted by molar-refractivity contribution is 5.81. The Labute approximate surface area is 186 Å². The molecule has 5 heterocycles. The molecular formula is C23H19F2N7O. The molecule has 0 spiro atoms. The van der Waals surface area contributed by atoms with Crippen LogP contribution >= 0.6 is 0 Å². The summed E-state index contributed by atoms with van der Waals surface area (Å²) in [5, 5.41) is 4.39. The third-order valence-electron chi connectivity index (χ3n) is 6.00. The molecule has 0 bridgehead atoms. The molecule has 10 heteroatoms. The monoisotopic (exact) mass is 447 g/mol. The predicted octanol–water partition coefficient (Wildman–Crippen LogP) is 4.30. The minimum atomic E-state index is -0.449. The van der Waals surface area contributed by atoms with Gasteiger partial charge in [-0.2, -0.15) is 10.1 Å². The van der Waals surface area contributed by atoms with Crippen molar-refractivity contribution in [2.24, 2.45) is 0 Å². The fraction of sp³-hybridized carbons (Fsp3) is 0.217. The molecule has 0 aliphatic carbocycles. The van der Waals surface area contributed by atoms with Gasteiger partial charge in [-0.15, -0.1) is 0 Å². The van der Waals surface area contributed by atoms with Gasteiger partial charge in [0.15, 0.2) is 11.3 Å². The lowest BCUT2D eigenvalue weighted by Crippen LogP contribution is -2.24. The van der Waals surface area contributed by atoms with E-state index in [4.69, 9.17) is 9.72 Å². The molecule has 1 aliphatic rings. The number of imidazole rings is 1. The van der Waals surface area contributed by atoms with Crippen LogP contribution in [0, 0.1) is 11.6 Å². The summed E-state index contributed by atoms with van der Waals surface area (Å²) < 4.78 is 35.2. The van der Waals surface area contributed by atoms with Crippen LogP contribution in [-0.4, -0.2) is 43.2 Å². The predicted molar refractivity (Wildman–Crippen MR) is 118 cm³/mol. The molecule has 0 radical (unpaired) electrons. The van der Waals surface area contributed by atoms with Crippen LogP contribution in [0.4, 0.5) is 14.6 Å². The van der Waals surface area contributed by atoms with E-state index in [1.807, 2.05) is 23.2 Å². The Bertz CT molecular complexity index is 1500. The van der Waals surface area contributed by atoms with E-state index in [2.05, 4.69) is 20.1 Å². The van der Waals surface area contributed by atoms with E-state index in [-0.39, 0.29) is 6.04 Å². The zero-order valence-electron chi connectivity index (χ0n) is 17.7. The highest BCUT2D eigenvalue weighted by atomic mass is 19.1. The van der Waals surface area contributed by atoms with Crippen LogP contribution in [-0.2, 0) is 0 Å². The number of aromatic amines is 1. The van der Waals surface area contributed by atoms with E-state index < -0.39 is 11.6 Å². The van der Waals surface area contributed by atoms with Gasteiger partial charge in [-0.3, -0.25) is 0 Å². The number of rotatable bonds is 4. The SMILES string of the molecule is COc1ccc2[nH]c(-c3cnn4ccc(N5CCC[C@@H]5c5cc(F)ccc5F)nc34)nc2n1. The Kier molecular flexibility index (Phi) is 4.46. The van der Waals surface area contributed by atoms with E-state index in [0.717, 1.165) is 24.4 Å². The van der Waals surface area contributed by atoms with Gasteiger partial charge in [0.1, 0.15) is 23.3 Å². The molecule has 8 nitrogen and oxygen atoms in total. The van der Waals surface area contributed by atoms with Gasteiger partial charge >= 0.3 is 0 Å². The smallest absolute Gasteiger partial charge is 0.215 e. The van der Waals surface area contributed by atoms with Gasteiger partial charge in [0.25, 0.3) is 0 Å². The molecule has 1 fully saturated rings. The number of methoxy groups -OCH3 is 1. The minimum Gasteiger partial charge on any atom is -0.481 e. The summed E-state index contributed by atoms with van der Waals surface area (Å²) in [7, 11) is 1.56. The number of H-pyrrole nitrogens is 1. The quantitative estimate of drug-likeness (QED) is 0.442. The van der Waals surface area contributed by atoms with Crippen molar-refractivity contribution in [3.05, 3.63) is 66.0 Å². The van der Waals surface area contributed by atoms with Gasteiger partial charge in [0.05, 0.1) is 30.4 Å². The Balaban J connectivity index is 1.42. The number of aromatic nitrogens is 6. The van der Waals surface area contributed by atoms with Crippen molar-refractivity contribution in [1.29, 1.82) is 0 Å². The molecule has 1 N–H and O–H groups in total. The van der Waals surface area contributed by atoms with E-state index in [1.54, 1.807) is 23.9 Å². The van der Waals surface area contributed by atoms with Gasteiger partial charge < -0.3 is 14.6 Å². The summed E-state index contributed by atoms with van der Waals surface area (Å²) in [6, 6.07) is 8.75. The minimum absolute atomic E-state index is 0.287. The lowest BCUT2D eigenvalue weighted by Gasteiger charge is -2.26. The summed E-state index contributed by atoms with van der Waals surface area (Å²) in [5.74, 6) is 0.871. The number of ether oxygens (including phenoxy) is 1. The van der Waals surface area contributed by atoms with Crippen LogP contribution in [0.25, 0.3) is 28.2 Å². The van der Waals surface area contributed by atoms with E-state index >= 15 is 0 Å². The van der Waals surface area contributed by atoms with Crippen LogP contribution in [0.1, 0.15) is 24.4 Å². The second-order valence-corrected chi connectivity index (χ2v) is 7.94. The average Bonchev–Trinajstić information content (AvgIpc) is 3.57. The van der Waals surface area contributed by atoms with Crippen molar-refractivity contribution >= 4 is 22.6 Å². The fourth-order valence-electron chi connectivity index (χ4n) is 4.44. The van der Waals surface area contributed by atoms with Crippen molar-refractivity contribution in [2.75, 3.05) is 18.6 Å².